The second-order valence-corrected chi connectivity index (χ2v) is 6.33. The summed E-state index contributed by atoms with van der Waals surface area (Å²) in [4.78, 5) is 26.6. The SMILES string of the molecule is Cc1nn(C)c(C)c1C(=O)C(=O)N(C)C1CCC(C)CC1. The summed E-state index contributed by atoms with van der Waals surface area (Å²) < 4.78 is 1.65. The lowest BCUT2D eigenvalue weighted by Gasteiger charge is -2.33. The van der Waals surface area contributed by atoms with Crippen LogP contribution in [-0.4, -0.2) is 39.5 Å². The van der Waals surface area contributed by atoms with Crippen molar-refractivity contribution in [2.75, 3.05) is 7.05 Å². The zero-order chi connectivity index (χ0) is 15.7. The largest absolute Gasteiger partial charge is 0.336 e. The second-order valence-electron chi connectivity index (χ2n) is 6.33. The Balaban J connectivity index is 2.13. The summed E-state index contributed by atoms with van der Waals surface area (Å²) in [6.45, 7) is 5.84. The van der Waals surface area contributed by atoms with E-state index < -0.39 is 11.7 Å². The molecule has 5 heteroatoms. The summed E-state index contributed by atoms with van der Waals surface area (Å²) in [5.41, 5.74) is 1.83. The topological polar surface area (TPSA) is 55.2 Å². The Morgan fingerprint density at radius 2 is 1.76 bits per heavy atom. The predicted octanol–water partition coefficient (Wildman–Crippen LogP) is 2.26. The van der Waals surface area contributed by atoms with Crippen LogP contribution in [0, 0.1) is 19.8 Å². The molecule has 5 nitrogen and oxygen atoms in total. The highest BCUT2D eigenvalue weighted by Crippen LogP contribution is 2.27. The van der Waals surface area contributed by atoms with Gasteiger partial charge in [0.1, 0.15) is 0 Å². The molecule has 0 N–H and O–H groups in total. The molecule has 116 valence electrons. The average molecular weight is 291 g/mol. The number of ketones is 1. The Bertz CT molecular complexity index is 554. The Morgan fingerprint density at radius 1 is 1.19 bits per heavy atom. The van der Waals surface area contributed by atoms with Crippen LogP contribution < -0.4 is 0 Å². The third kappa shape index (κ3) is 3.01. The maximum absolute atomic E-state index is 12.5. The second kappa shape index (κ2) is 6.00. The zero-order valence-electron chi connectivity index (χ0n) is 13.6. The van der Waals surface area contributed by atoms with Crippen molar-refractivity contribution in [1.29, 1.82) is 0 Å². The highest BCUT2D eigenvalue weighted by molar-refractivity contribution is 6.43. The van der Waals surface area contributed by atoms with Crippen LogP contribution in [0.1, 0.15) is 54.4 Å². The van der Waals surface area contributed by atoms with Crippen molar-refractivity contribution in [3.63, 3.8) is 0 Å². The predicted molar refractivity (Wildman–Crippen MR) is 81.2 cm³/mol. The van der Waals surface area contributed by atoms with E-state index in [0.29, 0.717) is 11.3 Å². The minimum Gasteiger partial charge on any atom is -0.336 e. The number of hydrogen-bond donors (Lipinski definition) is 0. The fourth-order valence-corrected chi connectivity index (χ4v) is 3.16. The first-order valence-electron chi connectivity index (χ1n) is 7.64. The normalized spacial score (nSPS) is 22.1. The third-order valence-electron chi connectivity index (χ3n) is 4.78. The smallest absolute Gasteiger partial charge is 0.295 e. The summed E-state index contributed by atoms with van der Waals surface area (Å²) in [6, 6.07) is 0.190. The molecule has 0 radical (unpaired) electrons. The van der Waals surface area contributed by atoms with Gasteiger partial charge in [-0.1, -0.05) is 6.92 Å². The van der Waals surface area contributed by atoms with Gasteiger partial charge in [-0.15, -0.1) is 0 Å². The number of Topliss-reactive ketones (excluding diaryl/α,β-unsaturated/α-hetero) is 1. The lowest BCUT2D eigenvalue weighted by Crippen LogP contribution is -2.43. The highest BCUT2D eigenvalue weighted by atomic mass is 16.2. The number of carbonyl (C=O) groups excluding carboxylic acids is 2. The van der Waals surface area contributed by atoms with Crippen LogP contribution in [0.25, 0.3) is 0 Å². The van der Waals surface area contributed by atoms with E-state index in [0.717, 1.165) is 37.3 Å². The molecule has 0 spiro atoms. The summed E-state index contributed by atoms with van der Waals surface area (Å²) in [5.74, 6) is -0.115. The first-order chi connectivity index (χ1) is 9.82. The number of carbonyl (C=O) groups is 2. The van der Waals surface area contributed by atoms with Crippen LogP contribution in [0.4, 0.5) is 0 Å². The van der Waals surface area contributed by atoms with Gasteiger partial charge >= 0.3 is 0 Å². The molecular formula is C16H25N3O2. The molecule has 1 aromatic rings. The molecule has 1 fully saturated rings. The first-order valence-corrected chi connectivity index (χ1v) is 7.64. The molecule has 1 amide bonds. The quantitative estimate of drug-likeness (QED) is 0.634. The Kier molecular flexibility index (Phi) is 4.49. The van der Waals surface area contributed by atoms with Gasteiger partial charge in [-0.25, -0.2) is 0 Å². The lowest BCUT2D eigenvalue weighted by molar-refractivity contribution is -0.127. The molecule has 1 saturated carbocycles. The van der Waals surface area contributed by atoms with Crippen molar-refractivity contribution in [3.05, 3.63) is 17.0 Å². The van der Waals surface area contributed by atoms with E-state index >= 15 is 0 Å². The maximum Gasteiger partial charge on any atom is 0.295 e. The molecule has 1 aliphatic carbocycles. The molecular weight excluding hydrogens is 266 g/mol. The van der Waals surface area contributed by atoms with Gasteiger partial charge in [0.15, 0.2) is 0 Å². The van der Waals surface area contributed by atoms with E-state index in [1.807, 2.05) is 6.92 Å². The van der Waals surface area contributed by atoms with Crippen LogP contribution in [-0.2, 0) is 11.8 Å². The molecule has 1 heterocycles. The van der Waals surface area contributed by atoms with Crippen molar-refractivity contribution < 1.29 is 9.59 Å². The van der Waals surface area contributed by atoms with Gasteiger partial charge in [-0.05, 0) is 45.4 Å². The number of nitrogens with zero attached hydrogens (tertiary/aromatic N) is 3. The van der Waals surface area contributed by atoms with Crippen molar-refractivity contribution in [3.8, 4) is 0 Å². The van der Waals surface area contributed by atoms with E-state index in [-0.39, 0.29) is 6.04 Å². The highest BCUT2D eigenvalue weighted by Gasteiger charge is 2.31. The Labute approximate surface area is 126 Å². The van der Waals surface area contributed by atoms with E-state index in [4.69, 9.17) is 0 Å². The molecule has 1 aromatic heterocycles. The summed E-state index contributed by atoms with van der Waals surface area (Å²) >= 11 is 0. The average Bonchev–Trinajstić information content (AvgIpc) is 2.70. The minimum absolute atomic E-state index is 0.190. The van der Waals surface area contributed by atoms with E-state index in [1.165, 1.54) is 0 Å². The van der Waals surface area contributed by atoms with Gasteiger partial charge in [-0.2, -0.15) is 5.10 Å². The van der Waals surface area contributed by atoms with Crippen LogP contribution in [0.5, 0.6) is 0 Å². The Hall–Kier alpha value is -1.65. The van der Waals surface area contributed by atoms with Crippen molar-refractivity contribution in [1.82, 2.24) is 14.7 Å². The molecule has 0 bridgehead atoms. The van der Waals surface area contributed by atoms with Crippen molar-refractivity contribution in [2.45, 2.75) is 52.5 Å². The molecule has 21 heavy (non-hydrogen) atoms. The van der Waals surface area contributed by atoms with Gasteiger partial charge in [0.25, 0.3) is 11.7 Å². The van der Waals surface area contributed by atoms with Crippen LogP contribution >= 0.6 is 0 Å². The van der Waals surface area contributed by atoms with E-state index in [1.54, 1.807) is 30.6 Å². The number of amides is 1. The lowest BCUT2D eigenvalue weighted by atomic mass is 9.86. The number of rotatable bonds is 3. The van der Waals surface area contributed by atoms with Gasteiger partial charge in [0.2, 0.25) is 0 Å². The van der Waals surface area contributed by atoms with Gasteiger partial charge in [0.05, 0.1) is 11.3 Å². The van der Waals surface area contributed by atoms with Gasteiger partial charge < -0.3 is 4.90 Å². The molecule has 0 saturated heterocycles. The van der Waals surface area contributed by atoms with Crippen LogP contribution in [0.3, 0.4) is 0 Å². The first kappa shape index (κ1) is 15.7. The fourth-order valence-electron chi connectivity index (χ4n) is 3.16. The molecule has 0 atom stereocenters. The fraction of sp³-hybridized carbons (Fsp3) is 0.688. The van der Waals surface area contributed by atoms with Crippen LogP contribution in [0.15, 0.2) is 0 Å². The summed E-state index contributed by atoms with van der Waals surface area (Å²) in [5, 5.41) is 4.22. The minimum atomic E-state index is -0.431. The van der Waals surface area contributed by atoms with Crippen molar-refractivity contribution in [2.24, 2.45) is 13.0 Å². The molecule has 2 rings (SSSR count). The monoisotopic (exact) mass is 291 g/mol. The number of aromatic nitrogens is 2. The summed E-state index contributed by atoms with van der Waals surface area (Å²) in [7, 11) is 3.54. The number of hydrogen-bond acceptors (Lipinski definition) is 3. The standard InChI is InChI=1S/C16H25N3O2/c1-10-6-8-13(9-7-10)18(4)16(21)15(20)14-11(2)17-19(5)12(14)3/h10,13H,6-9H2,1-5H3. The zero-order valence-corrected chi connectivity index (χ0v) is 13.6. The van der Waals surface area contributed by atoms with E-state index in [2.05, 4.69) is 12.0 Å². The summed E-state index contributed by atoms with van der Waals surface area (Å²) in [6.07, 6.45) is 4.23. The maximum atomic E-state index is 12.5. The molecule has 1 aliphatic rings. The van der Waals surface area contributed by atoms with Crippen molar-refractivity contribution >= 4 is 11.7 Å². The molecule has 0 unspecified atom stereocenters. The van der Waals surface area contributed by atoms with Gasteiger partial charge in [0, 0.05) is 25.8 Å². The number of likely N-dealkylation sites (N-methyl/N-ethyl adjacent to an activating group) is 1. The van der Waals surface area contributed by atoms with Gasteiger partial charge in [-0.3, -0.25) is 14.3 Å². The number of aryl methyl sites for hydroxylation is 2. The Morgan fingerprint density at radius 3 is 2.24 bits per heavy atom. The van der Waals surface area contributed by atoms with Crippen LogP contribution in [0.2, 0.25) is 0 Å². The molecule has 0 aromatic carbocycles. The van der Waals surface area contributed by atoms with E-state index in [9.17, 15) is 9.59 Å². The molecule has 0 aliphatic heterocycles. The third-order valence-corrected chi connectivity index (χ3v) is 4.78.